The first-order valence-corrected chi connectivity index (χ1v) is 4.52. The molecule has 2 heterocycles. The number of aromatic nitrogens is 1. The van der Waals surface area contributed by atoms with Crippen LogP contribution in [-0.2, 0) is 0 Å². The molecule has 0 radical (unpaired) electrons. The summed E-state index contributed by atoms with van der Waals surface area (Å²) in [6.45, 7) is 3.71. The molecule has 1 aliphatic heterocycles. The van der Waals surface area contributed by atoms with Gasteiger partial charge >= 0.3 is 0 Å². The molecule has 0 aliphatic carbocycles. The summed E-state index contributed by atoms with van der Waals surface area (Å²) < 4.78 is 13.4. The van der Waals surface area contributed by atoms with Crippen LogP contribution in [0.25, 0.3) is 5.57 Å². The summed E-state index contributed by atoms with van der Waals surface area (Å²) in [7, 11) is 0. The summed E-state index contributed by atoms with van der Waals surface area (Å²) >= 11 is 0. The zero-order chi connectivity index (χ0) is 10.1. The second-order valence-corrected chi connectivity index (χ2v) is 3.49. The average Bonchev–Trinajstić information content (AvgIpc) is 2.51. The minimum Gasteiger partial charge on any atom is -0.265 e. The van der Waals surface area contributed by atoms with Crippen LogP contribution in [0.3, 0.4) is 0 Å². The predicted octanol–water partition coefficient (Wildman–Crippen LogP) is 2.73. The van der Waals surface area contributed by atoms with Crippen molar-refractivity contribution in [1.29, 1.82) is 0 Å². The number of aliphatic imine (C=N–C) groups is 1. The summed E-state index contributed by atoms with van der Waals surface area (Å²) in [5.41, 5.74) is 3.19. The van der Waals surface area contributed by atoms with E-state index in [0.717, 1.165) is 17.7 Å². The number of hydrogen-bond acceptors (Lipinski definition) is 2. The lowest BCUT2D eigenvalue weighted by molar-refractivity contribution is 0.576. The van der Waals surface area contributed by atoms with E-state index in [2.05, 4.69) is 9.98 Å². The molecule has 0 saturated heterocycles. The Labute approximate surface area is 82.2 Å². The standard InChI is InChI=1S/C11H11FN2/c1-7-3-4-10(11(12)14-7)9-5-8(2)13-6-9/h3-4,6H,5H2,1-2H3. The Bertz CT molecular complexity index is 433. The van der Waals surface area contributed by atoms with Gasteiger partial charge < -0.3 is 0 Å². The van der Waals surface area contributed by atoms with Gasteiger partial charge in [-0.3, -0.25) is 4.99 Å². The lowest BCUT2D eigenvalue weighted by Crippen LogP contribution is -1.96. The molecule has 0 amide bonds. The van der Waals surface area contributed by atoms with E-state index < -0.39 is 5.95 Å². The molecule has 14 heavy (non-hydrogen) atoms. The van der Waals surface area contributed by atoms with Gasteiger partial charge in [-0.2, -0.15) is 4.39 Å². The fraction of sp³-hybridized carbons (Fsp3) is 0.273. The third-order valence-electron chi connectivity index (χ3n) is 2.22. The molecule has 2 nitrogen and oxygen atoms in total. The van der Waals surface area contributed by atoms with Crippen molar-refractivity contribution in [2.75, 3.05) is 0 Å². The number of nitrogens with zero attached hydrogens (tertiary/aromatic N) is 2. The second kappa shape index (κ2) is 3.33. The second-order valence-electron chi connectivity index (χ2n) is 3.49. The van der Waals surface area contributed by atoms with E-state index in [9.17, 15) is 4.39 Å². The smallest absolute Gasteiger partial charge is 0.220 e. The van der Waals surface area contributed by atoms with Gasteiger partial charge in [-0.25, -0.2) is 4.98 Å². The molecule has 3 heteroatoms. The lowest BCUT2D eigenvalue weighted by atomic mass is 10.0. The van der Waals surface area contributed by atoms with Crippen LogP contribution in [0.1, 0.15) is 24.6 Å². The molecule has 1 aromatic heterocycles. The topological polar surface area (TPSA) is 25.2 Å². The van der Waals surface area contributed by atoms with Crippen LogP contribution >= 0.6 is 0 Å². The molecule has 72 valence electrons. The highest BCUT2D eigenvalue weighted by Gasteiger charge is 2.13. The van der Waals surface area contributed by atoms with Gasteiger partial charge in [-0.15, -0.1) is 0 Å². The Morgan fingerprint density at radius 1 is 1.29 bits per heavy atom. The molecule has 0 N–H and O–H groups in total. The zero-order valence-corrected chi connectivity index (χ0v) is 8.21. The molecule has 0 spiro atoms. The van der Waals surface area contributed by atoms with Gasteiger partial charge in [0.05, 0.1) is 0 Å². The number of hydrogen-bond donors (Lipinski definition) is 0. The van der Waals surface area contributed by atoms with Crippen LogP contribution < -0.4 is 0 Å². The molecule has 0 fully saturated rings. The highest BCUT2D eigenvalue weighted by atomic mass is 19.1. The summed E-state index contributed by atoms with van der Waals surface area (Å²) in [6, 6.07) is 3.57. The van der Waals surface area contributed by atoms with Crippen molar-refractivity contribution in [2.24, 2.45) is 4.99 Å². The minimum atomic E-state index is -0.402. The van der Waals surface area contributed by atoms with Crippen molar-refractivity contribution >= 4 is 11.3 Å². The van der Waals surface area contributed by atoms with Crippen molar-refractivity contribution in [3.05, 3.63) is 35.5 Å². The number of halogens is 1. The maximum Gasteiger partial charge on any atom is 0.220 e. The van der Waals surface area contributed by atoms with E-state index in [1.165, 1.54) is 0 Å². The van der Waals surface area contributed by atoms with Gasteiger partial charge in [0.25, 0.3) is 0 Å². The van der Waals surface area contributed by atoms with E-state index in [4.69, 9.17) is 0 Å². The van der Waals surface area contributed by atoms with Crippen molar-refractivity contribution in [2.45, 2.75) is 20.3 Å². The van der Waals surface area contributed by atoms with Crippen molar-refractivity contribution < 1.29 is 4.39 Å². The third kappa shape index (κ3) is 1.58. The normalized spacial score (nSPS) is 15.4. The highest BCUT2D eigenvalue weighted by molar-refractivity contribution is 5.96. The Kier molecular flexibility index (Phi) is 2.15. The first-order valence-electron chi connectivity index (χ1n) is 4.52. The van der Waals surface area contributed by atoms with Crippen LogP contribution in [0, 0.1) is 12.9 Å². The van der Waals surface area contributed by atoms with E-state index in [-0.39, 0.29) is 0 Å². The fourth-order valence-electron chi connectivity index (χ4n) is 1.48. The van der Waals surface area contributed by atoms with E-state index in [0.29, 0.717) is 11.3 Å². The Hall–Kier alpha value is -1.51. The number of rotatable bonds is 1. The average molecular weight is 190 g/mol. The monoisotopic (exact) mass is 190 g/mol. The minimum absolute atomic E-state index is 0.402. The molecular weight excluding hydrogens is 179 g/mol. The van der Waals surface area contributed by atoms with Crippen LogP contribution in [0.5, 0.6) is 0 Å². The van der Waals surface area contributed by atoms with Crippen LogP contribution in [0.15, 0.2) is 23.3 Å². The first-order chi connectivity index (χ1) is 6.66. The van der Waals surface area contributed by atoms with Crippen LogP contribution in [-0.4, -0.2) is 10.7 Å². The maximum absolute atomic E-state index is 13.4. The Balaban J connectivity index is 2.35. The molecule has 2 rings (SSSR count). The van der Waals surface area contributed by atoms with Gasteiger partial charge in [0, 0.05) is 29.6 Å². The molecule has 0 unspecified atom stereocenters. The summed E-state index contributed by atoms with van der Waals surface area (Å²) in [5, 5.41) is 0. The maximum atomic E-state index is 13.4. The SMILES string of the molecule is CC1=NC=C(c2ccc(C)nc2F)C1. The Morgan fingerprint density at radius 2 is 2.07 bits per heavy atom. The molecule has 0 aromatic carbocycles. The first kappa shape index (κ1) is 9.06. The molecule has 1 aliphatic rings. The van der Waals surface area contributed by atoms with Gasteiger partial charge in [0.1, 0.15) is 0 Å². The van der Waals surface area contributed by atoms with E-state index in [1.807, 2.05) is 13.0 Å². The third-order valence-corrected chi connectivity index (χ3v) is 2.22. The summed E-state index contributed by atoms with van der Waals surface area (Å²) in [6.07, 6.45) is 2.44. The number of allylic oxidation sites excluding steroid dienone is 1. The van der Waals surface area contributed by atoms with Crippen molar-refractivity contribution in [3.8, 4) is 0 Å². The fourth-order valence-corrected chi connectivity index (χ4v) is 1.48. The van der Waals surface area contributed by atoms with Gasteiger partial charge in [0.15, 0.2) is 0 Å². The summed E-state index contributed by atoms with van der Waals surface area (Å²) in [5.74, 6) is -0.402. The molecule has 0 bridgehead atoms. The highest BCUT2D eigenvalue weighted by Crippen LogP contribution is 2.24. The number of pyridine rings is 1. The largest absolute Gasteiger partial charge is 0.265 e. The van der Waals surface area contributed by atoms with Crippen LogP contribution in [0.4, 0.5) is 4.39 Å². The zero-order valence-electron chi connectivity index (χ0n) is 8.21. The van der Waals surface area contributed by atoms with E-state index in [1.54, 1.807) is 19.2 Å². The number of aryl methyl sites for hydroxylation is 1. The van der Waals surface area contributed by atoms with Crippen molar-refractivity contribution in [3.63, 3.8) is 0 Å². The molecule has 0 saturated carbocycles. The van der Waals surface area contributed by atoms with Crippen LogP contribution in [0.2, 0.25) is 0 Å². The summed E-state index contributed by atoms with van der Waals surface area (Å²) in [4.78, 5) is 7.90. The van der Waals surface area contributed by atoms with Gasteiger partial charge in [0.2, 0.25) is 5.95 Å². The molecule has 1 aromatic rings. The van der Waals surface area contributed by atoms with Gasteiger partial charge in [-0.05, 0) is 31.6 Å². The van der Waals surface area contributed by atoms with Gasteiger partial charge in [-0.1, -0.05) is 0 Å². The quantitative estimate of drug-likeness (QED) is 0.625. The Morgan fingerprint density at radius 3 is 2.64 bits per heavy atom. The van der Waals surface area contributed by atoms with E-state index >= 15 is 0 Å². The van der Waals surface area contributed by atoms with Crippen molar-refractivity contribution in [1.82, 2.24) is 4.98 Å². The lowest BCUT2D eigenvalue weighted by Gasteiger charge is -2.03. The predicted molar refractivity (Wildman–Crippen MR) is 54.6 cm³/mol. The molecular formula is C11H11FN2. The molecule has 0 atom stereocenters.